The summed E-state index contributed by atoms with van der Waals surface area (Å²) in [5.74, 6) is -0.294. The van der Waals surface area contributed by atoms with Crippen molar-refractivity contribution >= 4 is 44.6 Å². The minimum atomic E-state index is -4.06. The van der Waals surface area contributed by atoms with E-state index in [1.165, 1.54) is 34.4 Å². The van der Waals surface area contributed by atoms with Gasteiger partial charge in [0.15, 0.2) is 4.90 Å². The minimum Gasteiger partial charge on any atom is -0.335 e. The summed E-state index contributed by atoms with van der Waals surface area (Å²) < 4.78 is 27.1. The van der Waals surface area contributed by atoms with Crippen molar-refractivity contribution in [2.45, 2.75) is 4.90 Å². The van der Waals surface area contributed by atoms with Crippen molar-refractivity contribution in [2.24, 2.45) is 0 Å². The van der Waals surface area contributed by atoms with Crippen LogP contribution in [0.25, 0.3) is 10.6 Å². The van der Waals surface area contributed by atoms with Crippen molar-refractivity contribution in [3.05, 3.63) is 74.7 Å². The van der Waals surface area contributed by atoms with Gasteiger partial charge in [0.2, 0.25) is 10.0 Å². The van der Waals surface area contributed by atoms with E-state index in [-0.39, 0.29) is 42.7 Å². The lowest BCUT2D eigenvalue weighted by atomic mass is 10.2. The van der Waals surface area contributed by atoms with E-state index in [0.29, 0.717) is 10.0 Å². The van der Waals surface area contributed by atoms with Gasteiger partial charge in [0, 0.05) is 48.2 Å². The van der Waals surface area contributed by atoms with E-state index < -0.39 is 20.6 Å². The Bertz CT molecular complexity index is 1290. The molecule has 0 aliphatic carbocycles. The Morgan fingerprint density at radius 2 is 1.81 bits per heavy atom. The van der Waals surface area contributed by atoms with Gasteiger partial charge in [-0.1, -0.05) is 35.9 Å². The van der Waals surface area contributed by atoms with Crippen LogP contribution in [0.15, 0.2) is 58.8 Å². The molecule has 1 aliphatic rings. The van der Waals surface area contributed by atoms with Crippen molar-refractivity contribution in [1.82, 2.24) is 14.2 Å². The van der Waals surface area contributed by atoms with Crippen LogP contribution in [0, 0.1) is 10.1 Å². The molecule has 166 valence electrons. The third-order valence-electron chi connectivity index (χ3n) is 5.00. The number of halogens is 1. The zero-order valence-corrected chi connectivity index (χ0v) is 18.9. The Morgan fingerprint density at radius 1 is 1.09 bits per heavy atom. The molecule has 0 atom stereocenters. The molecule has 9 nitrogen and oxygen atoms in total. The van der Waals surface area contributed by atoms with E-state index in [1.807, 2.05) is 6.07 Å². The van der Waals surface area contributed by atoms with E-state index in [2.05, 4.69) is 4.98 Å². The molecule has 32 heavy (non-hydrogen) atoms. The molecule has 3 aromatic rings. The highest BCUT2D eigenvalue weighted by molar-refractivity contribution is 7.89. The first-order valence-electron chi connectivity index (χ1n) is 9.51. The molecule has 2 aromatic carbocycles. The summed E-state index contributed by atoms with van der Waals surface area (Å²) in [6.07, 6.45) is 0. The summed E-state index contributed by atoms with van der Waals surface area (Å²) >= 11 is 7.34. The van der Waals surface area contributed by atoms with Crippen LogP contribution >= 0.6 is 22.9 Å². The van der Waals surface area contributed by atoms with Crippen molar-refractivity contribution < 1.29 is 18.1 Å². The predicted octanol–water partition coefficient (Wildman–Crippen LogP) is 3.52. The first-order valence-corrected chi connectivity index (χ1v) is 12.2. The van der Waals surface area contributed by atoms with E-state index in [9.17, 15) is 23.3 Å². The van der Waals surface area contributed by atoms with Crippen LogP contribution < -0.4 is 0 Å². The molecule has 0 spiro atoms. The molecule has 4 rings (SSSR count). The van der Waals surface area contributed by atoms with E-state index in [0.717, 1.165) is 15.9 Å². The molecule has 1 aromatic heterocycles. The fraction of sp³-hybridized carbons (Fsp3) is 0.200. The maximum absolute atomic E-state index is 12.9. The second-order valence-electron chi connectivity index (χ2n) is 6.97. The Kier molecular flexibility index (Phi) is 6.24. The Labute approximate surface area is 193 Å². The third-order valence-corrected chi connectivity index (χ3v) is 8.07. The second-order valence-corrected chi connectivity index (χ2v) is 10.2. The maximum atomic E-state index is 12.9. The molecule has 12 heteroatoms. The van der Waals surface area contributed by atoms with Gasteiger partial charge in [-0.15, -0.1) is 11.3 Å². The van der Waals surface area contributed by atoms with E-state index in [1.54, 1.807) is 23.6 Å². The fourth-order valence-electron chi connectivity index (χ4n) is 3.38. The molecular weight excluding hydrogens is 476 g/mol. The summed E-state index contributed by atoms with van der Waals surface area (Å²) in [7, 11) is -4.06. The Morgan fingerprint density at radius 3 is 2.50 bits per heavy atom. The first-order chi connectivity index (χ1) is 15.3. The molecule has 2 heterocycles. The minimum absolute atomic E-state index is 0.0331. The van der Waals surface area contributed by atoms with Crippen LogP contribution in [-0.4, -0.2) is 59.6 Å². The monoisotopic (exact) mass is 492 g/mol. The Balaban J connectivity index is 1.46. The van der Waals surface area contributed by atoms with Crippen molar-refractivity contribution in [1.29, 1.82) is 0 Å². The fourth-order valence-corrected chi connectivity index (χ4v) is 5.95. The Hall–Kier alpha value is -2.86. The number of nitro benzene ring substituents is 1. The third kappa shape index (κ3) is 4.37. The topological polar surface area (TPSA) is 114 Å². The van der Waals surface area contributed by atoms with Gasteiger partial charge in [-0.05, 0) is 18.2 Å². The summed E-state index contributed by atoms with van der Waals surface area (Å²) in [5, 5.41) is 14.1. The average molecular weight is 493 g/mol. The molecule has 1 fully saturated rings. The summed E-state index contributed by atoms with van der Waals surface area (Å²) in [4.78, 5) is 29.0. The van der Waals surface area contributed by atoms with Crippen molar-refractivity contribution in [2.75, 3.05) is 26.2 Å². The van der Waals surface area contributed by atoms with Crippen LogP contribution in [0.1, 0.15) is 10.5 Å². The lowest BCUT2D eigenvalue weighted by Gasteiger charge is -2.33. The van der Waals surface area contributed by atoms with E-state index in [4.69, 9.17) is 11.6 Å². The predicted molar refractivity (Wildman–Crippen MR) is 120 cm³/mol. The standard InChI is InChI=1S/C20H17ClN4O5S2/c21-15-5-3-4-14(12-15)19-22-16(13-31-19)20(26)23-8-10-24(11-9-23)32(29,30)18-7-2-1-6-17(18)25(27)28/h1-7,12-13H,8-11H2. The number of thiazole rings is 1. The normalized spacial score (nSPS) is 15.0. The number of nitrogens with zero attached hydrogens (tertiary/aromatic N) is 4. The van der Waals surface area contributed by atoms with Crippen LogP contribution in [0.2, 0.25) is 5.02 Å². The van der Waals surface area contributed by atoms with Gasteiger partial charge in [0.1, 0.15) is 10.7 Å². The van der Waals surface area contributed by atoms with E-state index >= 15 is 0 Å². The highest BCUT2D eigenvalue weighted by Gasteiger charge is 2.34. The molecular formula is C20H17ClN4O5S2. The molecule has 1 aliphatic heterocycles. The number of aromatic nitrogens is 1. The van der Waals surface area contributed by atoms with Gasteiger partial charge in [-0.2, -0.15) is 4.31 Å². The number of nitro groups is 1. The molecule has 0 radical (unpaired) electrons. The molecule has 0 bridgehead atoms. The number of amides is 1. The number of hydrogen-bond donors (Lipinski definition) is 0. The lowest BCUT2D eigenvalue weighted by Crippen LogP contribution is -2.50. The number of benzene rings is 2. The summed E-state index contributed by atoms with van der Waals surface area (Å²) in [5.41, 5.74) is 0.615. The molecule has 1 saturated heterocycles. The smallest absolute Gasteiger partial charge is 0.289 e. The van der Waals surface area contributed by atoms with Gasteiger partial charge in [-0.3, -0.25) is 14.9 Å². The van der Waals surface area contributed by atoms with Gasteiger partial charge in [0.25, 0.3) is 11.6 Å². The number of piperazine rings is 1. The largest absolute Gasteiger partial charge is 0.335 e. The zero-order valence-electron chi connectivity index (χ0n) is 16.5. The first kappa shape index (κ1) is 22.3. The number of hydrogen-bond acceptors (Lipinski definition) is 7. The van der Waals surface area contributed by atoms with Crippen LogP contribution in [0.5, 0.6) is 0 Å². The van der Waals surface area contributed by atoms with Crippen LogP contribution in [-0.2, 0) is 10.0 Å². The summed E-state index contributed by atoms with van der Waals surface area (Å²) in [6, 6.07) is 12.4. The number of carbonyl (C=O) groups is 1. The van der Waals surface area contributed by atoms with Gasteiger partial charge in [-0.25, -0.2) is 13.4 Å². The number of para-hydroxylation sites is 1. The van der Waals surface area contributed by atoms with Crippen molar-refractivity contribution in [3.63, 3.8) is 0 Å². The van der Waals surface area contributed by atoms with Gasteiger partial charge < -0.3 is 4.90 Å². The molecule has 0 saturated carbocycles. The van der Waals surface area contributed by atoms with Crippen molar-refractivity contribution in [3.8, 4) is 10.6 Å². The molecule has 0 unspecified atom stereocenters. The highest BCUT2D eigenvalue weighted by atomic mass is 35.5. The van der Waals surface area contributed by atoms with Crippen LogP contribution in [0.3, 0.4) is 0 Å². The zero-order chi connectivity index (χ0) is 22.9. The highest BCUT2D eigenvalue weighted by Crippen LogP contribution is 2.28. The quantitative estimate of drug-likeness (QED) is 0.397. The van der Waals surface area contributed by atoms with Crippen LogP contribution in [0.4, 0.5) is 5.69 Å². The molecule has 0 N–H and O–H groups in total. The lowest BCUT2D eigenvalue weighted by molar-refractivity contribution is -0.387. The SMILES string of the molecule is O=C(c1csc(-c2cccc(Cl)c2)n1)N1CCN(S(=O)(=O)c2ccccc2[N+](=O)[O-])CC1. The number of carbonyl (C=O) groups excluding carboxylic acids is 1. The second kappa shape index (κ2) is 8.94. The average Bonchev–Trinajstić information content (AvgIpc) is 3.29. The number of rotatable bonds is 5. The maximum Gasteiger partial charge on any atom is 0.289 e. The number of sulfonamides is 1. The summed E-state index contributed by atoms with van der Waals surface area (Å²) in [6.45, 7) is 0.377. The van der Waals surface area contributed by atoms with Gasteiger partial charge >= 0.3 is 0 Å². The van der Waals surface area contributed by atoms with Gasteiger partial charge in [0.05, 0.1) is 4.92 Å². The molecule has 1 amide bonds.